The summed E-state index contributed by atoms with van der Waals surface area (Å²) in [6.45, 7) is 0. The van der Waals surface area contributed by atoms with E-state index in [0.29, 0.717) is 21.2 Å². The molecule has 2 N–H and O–H groups in total. The van der Waals surface area contributed by atoms with Crippen LogP contribution in [0.25, 0.3) is 21.7 Å². The first kappa shape index (κ1) is 20.9. The van der Waals surface area contributed by atoms with E-state index in [2.05, 4.69) is 4.98 Å². The number of rotatable bonds is 5. The molecule has 2 aromatic carbocycles. The van der Waals surface area contributed by atoms with Gasteiger partial charge in [0.1, 0.15) is 5.82 Å². The van der Waals surface area contributed by atoms with Gasteiger partial charge in [-0.15, -0.1) is 11.3 Å². The Balaban J connectivity index is 1.85. The summed E-state index contributed by atoms with van der Waals surface area (Å²) in [6.07, 6.45) is 1.91. The van der Waals surface area contributed by atoms with Crippen molar-refractivity contribution in [2.75, 3.05) is 7.05 Å². The first-order valence-electron chi connectivity index (χ1n) is 9.02. The monoisotopic (exact) mass is 465 g/mol. The minimum Gasteiger partial charge on any atom is -0.337 e. The highest BCUT2D eigenvalue weighted by Gasteiger charge is 2.32. The van der Waals surface area contributed by atoms with Gasteiger partial charge in [-0.25, -0.2) is 22.9 Å². The molecule has 1 aliphatic rings. The van der Waals surface area contributed by atoms with Crippen LogP contribution >= 0.6 is 22.9 Å². The van der Waals surface area contributed by atoms with Gasteiger partial charge >= 0.3 is 0 Å². The second-order valence-corrected chi connectivity index (χ2v) is 10.0. The first-order chi connectivity index (χ1) is 14.1. The number of sulfonamides is 1. The number of nitrogens with zero attached hydrogens (tertiary/aromatic N) is 2. The number of nitrogens with two attached hydrogens (primary N) is 1. The molecule has 0 bridgehead atoms. The standard InChI is InChI=1S/C20H17ClFN3O3S2/c1-25(13-6-7-13)20(26)19-24-17(11-2-4-12(21)5-3-11)18(29-19)15-9-8-14(10-16(15)22)30(23,27)28/h2-5,8-10,13H,6-7H2,1H3,(H2,23,27,28). The van der Waals surface area contributed by atoms with Crippen molar-refractivity contribution in [1.29, 1.82) is 0 Å². The molecule has 1 amide bonds. The molecule has 156 valence electrons. The van der Waals surface area contributed by atoms with Crippen molar-refractivity contribution < 1.29 is 17.6 Å². The molecule has 0 radical (unpaired) electrons. The Labute approximate surface area is 182 Å². The van der Waals surface area contributed by atoms with Gasteiger partial charge < -0.3 is 4.90 Å². The highest BCUT2D eigenvalue weighted by atomic mass is 35.5. The van der Waals surface area contributed by atoms with E-state index in [9.17, 15) is 17.6 Å². The number of carbonyl (C=O) groups is 1. The zero-order valence-electron chi connectivity index (χ0n) is 15.8. The van der Waals surface area contributed by atoms with Gasteiger partial charge in [0, 0.05) is 29.2 Å². The number of primary sulfonamides is 1. The van der Waals surface area contributed by atoms with Crippen LogP contribution in [0.15, 0.2) is 47.4 Å². The predicted octanol–water partition coefficient (Wildman–Crippen LogP) is 4.15. The Morgan fingerprint density at radius 1 is 1.23 bits per heavy atom. The summed E-state index contributed by atoms with van der Waals surface area (Å²) in [7, 11) is -2.31. The predicted molar refractivity (Wildman–Crippen MR) is 114 cm³/mol. The largest absolute Gasteiger partial charge is 0.337 e. The quantitative estimate of drug-likeness (QED) is 0.612. The molecule has 10 heteroatoms. The Morgan fingerprint density at radius 2 is 1.90 bits per heavy atom. The molecule has 4 rings (SSSR count). The lowest BCUT2D eigenvalue weighted by molar-refractivity contribution is 0.0784. The van der Waals surface area contributed by atoms with Crippen LogP contribution in [0, 0.1) is 5.82 Å². The van der Waals surface area contributed by atoms with E-state index in [-0.39, 0.29) is 27.4 Å². The summed E-state index contributed by atoms with van der Waals surface area (Å²) in [5, 5.41) is 5.86. The average Bonchev–Trinajstić information content (AvgIpc) is 3.46. The number of thiazole rings is 1. The number of benzene rings is 2. The third-order valence-electron chi connectivity index (χ3n) is 4.86. The maximum atomic E-state index is 14.9. The molecule has 6 nitrogen and oxygen atoms in total. The lowest BCUT2D eigenvalue weighted by atomic mass is 10.1. The van der Waals surface area contributed by atoms with Gasteiger partial charge in [0.05, 0.1) is 15.5 Å². The van der Waals surface area contributed by atoms with Crippen LogP contribution in [-0.4, -0.2) is 37.3 Å². The summed E-state index contributed by atoms with van der Waals surface area (Å²) >= 11 is 7.04. The van der Waals surface area contributed by atoms with Crippen molar-refractivity contribution in [3.8, 4) is 21.7 Å². The van der Waals surface area contributed by atoms with E-state index in [1.54, 1.807) is 36.2 Å². The minimum absolute atomic E-state index is 0.137. The molecule has 1 aliphatic carbocycles. The van der Waals surface area contributed by atoms with Gasteiger partial charge in [0.2, 0.25) is 10.0 Å². The van der Waals surface area contributed by atoms with Gasteiger partial charge in [-0.1, -0.05) is 23.7 Å². The van der Waals surface area contributed by atoms with E-state index in [1.165, 1.54) is 12.1 Å². The van der Waals surface area contributed by atoms with Crippen molar-refractivity contribution >= 4 is 38.9 Å². The first-order valence-corrected chi connectivity index (χ1v) is 11.8. The molecular formula is C20H17ClFN3O3S2. The lowest BCUT2D eigenvalue weighted by Crippen LogP contribution is -2.28. The van der Waals surface area contributed by atoms with Crippen LogP contribution in [0.4, 0.5) is 4.39 Å². The number of aromatic nitrogens is 1. The average molecular weight is 466 g/mol. The lowest BCUT2D eigenvalue weighted by Gasteiger charge is -2.13. The Kier molecular flexibility index (Phi) is 5.39. The van der Waals surface area contributed by atoms with Crippen LogP contribution in [0.5, 0.6) is 0 Å². The number of carbonyl (C=O) groups excluding carboxylic acids is 1. The third kappa shape index (κ3) is 4.11. The molecular weight excluding hydrogens is 449 g/mol. The summed E-state index contributed by atoms with van der Waals surface area (Å²) in [5.41, 5.74) is 1.22. The van der Waals surface area contributed by atoms with Crippen LogP contribution in [0.1, 0.15) is 22.6 Å². The Morgan fingerprint density at radius 3 is 2.47 bits per heavy atom. The molecule has 3 aromatic rings. The SMILES string of the molecule is CN(C(=O)c1nc(-c2ccc(Cl)cc2)c(-c2ccc(S(N)(=O)=O)cc2F)s1)C1CC1. The fraction of sp³-hybridized carbons (Fsp3) is 0.200. The van der Waals surface area contributed by atoms with Crippen LogP contribution < -0.4 is 5.14 Å². The highest BCUT2D eigenvalue weighted by molar-refractivity contribution is 7.89. The molecule has 1 aromatic heterocycles. The van der Waals surface area contributed by atoms with Crippen LogP contribution in [0.2, 0.25) is 5.02 Å². The van der Waals surface area contributed by atoms with E-state index in [0.717, 1.165) is 30.2 Å². The Hall–Kier alpha value is -2.33. The number of hydrogen-bond donors (Lipinski definition) is 1. The zero-order chi connectivity index (χ0) is 21.6. The van der Waals surface area contributed by atoms with Crippen molar-refractivity contribution in [3.05, 3.63) is 58.3 Å². The van der Waals surface area contributed by atoms with E-state index in [4.69, 9.17) is 16.7 Å². The van der Waals surface area contributed by atoms with Gasteiger partial charge in [0.15, 0.2) is 5.01 Å². The summed E-state index contributed by atoms with van der Waals surface area (Å²) < 4.78 is 37.9. The highest BCUT2D eigenvalue weighted by Crippen LogP contribution is 2.40. The van der Waals surface area contributed by atoms with Gasteiger partial charge in [-0.05, 0) is 43.2 Å². The van der Waals surface area contributed by atoms with Gasteiger partial charge in [0.25, 0.3) is 5.91 Å². The van der Waals surface area contributed by atoms with E-state index >= 15 is 0 Å². The van der Waals surface area contributed by atoms with Gasteiger partial charge in [-0.2, -0.15) is 0 Å². The molecule has 0 saturated heterocycles. The summed E-state index contributed by atoms with van der Waals surface area (Å²) in [6, 6.07) is 10.5. The molecule has 30 heavy (non-hydrogen) atoms. The van der Waals surface area contributed by atoms with Gasteiger partial charge in [-0.3, -0.25) is 4.79 Å². The summed E-state index contributed by atoms with van der Waals surface area (Å²) in [5.74, 6) is -1.000. The van der Waals surface area contributed by atoms with Crippen molar-refractivity contribution in [2.45, 2.75) is 23.8 Å². The topological polar surface area (TPSA) is 93.4 Å². The zero-order valence-corrected chi connectivity index (χ0v) is 18.2. The second-order valence-electron chi connectivity index (χ2n) is 7.04. The van der Waals surface area contributed by atoms with Crippen molar-refractivity contribution in [2.24, 2.45) is 5.14 Å². The smallest absolute Gasteiger partial charge is 0.282 e. The maximum absolute atomic E-state index is 14.9. The van der Waals surface area contributed by atoms with Crippen LogP contribution in [0.3, 0.4) is 0 Å². The second kappa shape index (κ2) is 7.73. The molecule has 1 fully saturated rings. The Bertz CT molecular complexity index is 1240. The fourth-order valence-corrected chi connectivity index (χ4v) is 4.78. The number of amides is 1. The summed E-state index contributed by atoms with van der Waals surface area (Å²) in [4.78, 5) is 19.1. The molecule has 1 saturated carbocycles. The number of halogens is 2. The maximum Gasteiger partial charge on any atom is 0.282 e. The number of hydrogen-bond acceptors (Lipinski definition) is 5. The molecule has 0 aliphatic heterocycles. The van der Waals surface area contributed by atoms with E-state index < -0.39 is 15.8 Å². The van der Waals surface area contributed by atoms with Crippen molar-refractivity contribution in [1.82, 2.24) is 9.88 Å². The molecule has 0 spiro atoms. The normalized spacial score (nSPS) is 14.0. The van der Waals surface area contributed by atoms with E-state index in [1.807, 2.05) is 0 Å². The van der Waals surface area contributed by atoms with Crippen molar-refractivity contribution in [3.63, 3.8) is 0 Å². The molecule has 0 atom stereocenters. The minimum atomic E-state index is -4.04. The molecule has 1 heterocycles. The van der Waals surface area contributed by atoms with Crippen LogP contribution in [-0.2, 0) is 10.0 Å². The fourth-order valence-electron chi connectivity index (χ4n) is 3.03. The third-order valence-corrected chi connectivity index (χ3v) is 7.10. The molecule has 0 unspecified atom stereocenters.